The minimum absolute atomic E-state index is 0.0129. The minimum Gasteiger partial charge on any atom is -0.497 e. The quantitative estimate of drug-likeness (QED) is 0.0613. The van der Waals surface area contributed by atoms with Crippen LogP contribution < -0.4 is 9.47 Å². The number of methoxy groups -OCH3 is 2. The van der Waals surface area contributed by atoms with Gasteiger partial charge in [-0.15, -0.1) is 0 Å². The summed E-state index contributed by atoms with van der Waals surface area (Å²) in [4.78, 5) is 0. The summed E-state index contributed by atoms with van der Waals surface area (Å²) in [5.41, 5.74) is 5.03. The summed E-state index contributed by atoms with van der Waals surface area (Å²) < 4.78 is 35.2. The predicted octanol–water partition coefficient (Wildman–Crippen LogP) is 15.5. The summed E-state index contributed by atoms with van der Waals surface area (Å²) >= 11 is 0. The van der Waals surface area contributed by atoms with Crippen molar-refractivity contribution in [1.82, 2.24) is 4.67 Å². The molecule has 8 rings (SSSR count). The molecular formula is C60H85N2O5P. The van der Waals surface area contributed by atoms with Crippen LogP contribution in [0, 0.1) is 61.6 Å². The molecule has 0 aliphatic heterocycles. The Labute approximate surface area is 413 Å². The molecule has 0 bridgehead atoms. The molecule has 8 heteroatoms. The molecule has 0 saturated heterocycles. The highest BCUT2D eigenvalue weighted by atomic mass is 31.2. The third-order valence-electron chi connectivity index (χ3n) is 19.6. The Kier molecular flexibility index (Phi) is 14.6. The van der Waals surface area contributed by atoms with Crippen molar-refractivity contribution in [2.75, 3.05) is 27.4 Å². The molecule has 1 unspecified atom stereocenters. The van der Waals surface area contributed by atoms with Gasteiger partial charge in [-0.1, -0.05) is 115 Å². The molecule has 4 fully saturated rings. The maximum Gasteiger partial charge on any atom is 0.259 e. The van der Waals surface area contributed by atoms with Crippen LogP contribution >= 0.6 is 8.53 Å². The Morgan fingerprint density at radius 2 is 1.31 bits per heavy atom. The Morgan fingerprint density at radius 3 is 1.88 bits per heavy atom. The predicted molar refractivity (Wildman–Crippen MR) is 277 cm³/mol. The van der Waals surface area contributed by atoms with Crippen molar-refractivity contribution in [1.29, 1.82) is 5.26 Å². The average molecular weight is 945 g/mol. The molecule has 10 atom stereocenters. The molecule has 0 aromatic heterocycles. The first-order valence-electron chi connectivity index (χ1n) is 26.2. The molecule has 0 radical (unpaired) electrons. The van der Waals surface area contributed by atoms with Gasteiger partial charge in [0.15, 0.2) is 0 Å². The number of ether oxygens (including phenoxy) is 3. The standard InChI is InChI=1S/C60H85N2O5P/c1-42(2)62(43(3)4)68(66-39-17-38-61)67-53-31-32-57(9)51(54(53,5)6)30-33-59(11)52(57)29-28-49-50-40-55(7,34-35-56(50,8)36-37-58(49,59)10)41-65-60(44-18-15-14-16-19-44,45-20-24-47(63-12)25-21-45)46-22-26-48(64-13)27-23-46/h14-16,18-28,42-43,50-53H,17,29-37,39-41H2,1-13H3/t50-,51-,52+,53-,55-,56+,57-,58+,59+,68?/m0/s1. The number of allylic oxidation sites excluding steroid dienone is 2. The summed E-state index contributed by atoms with van der Waals surface area (Å²) in [5, 5.41) is 9.39. The van der Waals surface area contributed by atoms with Gasteiger partial charge >= 0.3 is 0 Å². The molecule has 5 aliphatic rings. The molecule has 5 aliphatic carbocycles. The van der Waals surface area contributed by atoms with Crippen molar-refractivity contribution in [3.63, 3.8) is 0 Å². The van der Waals surface area contributed by atoms with E-state index in [4.69, 9.17) is 23.3 Å². The maximum atomic E-state index is 9.39. The zero-order valence-corrected chi connectivity index (χ0v) is 45.0. The first kappa shape index (κ1) is 51.1. The van der Waals surface area contributed by atoms with Crippen molar-refractivity contribution in [2.24, 2.45) is 50.2 Å². The van der Waals surface area contributed by atoms with E-state index >= 15 is 0 Å². The van der Waals surface area contributed by atoms with Gasteiger partial charge in [-0.05, 0) is 183 Å². The Bertz CT molecular complexity index is 2220. The van der Waals surface area contributed by atoms with Gasteiger partial charge < -0.3 is 23.3 Å². The second kappa shape index (κ2) is 19.4. The number of hydrogen-bond donors (Lipinski definition) is 0. The molecule has 0 spiro atoms. The van der Waals surface area contributed by atoms with E-state index in [-0.39, 0.29) is 50.7 Å². The lowest BCUT2D eigenvalue weighted by Gasteiger charge is -2.71. The fourth-order valence-electron chi connectivity index (χ4n) is 15.5. The number of hydrogen-bond acceptors (Lipinski definition) is 7. The molecule has 370 valence electrons. The zero-order valence-electron chi connectivity index (χ0n) is 44.1. The van der Waals surface area contributed by atoms with E-state index in [0.29, 0.717) is 37.4 Å². The summed E-state index contributed by atoms with van der Waals surface area (Å²) in [6, 6.07) is 30.6. The highest BCUT2D eigenvalue weighted by molar-refractivity contribution is 7.44. The Morgan fingerprint density at radius 1 is 0.721 bits per heavy atom. The van der Waals surface area contributed by atoms with Crippen LogP contribution in [0.4, 0.5) is 0 Å². The van der Waals surface area contributed by atoms with Crippen molar-refractivity contribution in [2.45, 2.75) is 171 Å². The van der Waals surface area contributed by atoms with Gasteiger partial charge in [-0.25, -0.2) is 4.67 Å². The van der Waals surface area contributed by atoms with Crippen molar-refractivity contribution >= 4 is 8.53 Å². The topological polar surface area (TPSA) is 73.2 Å². The van der Waals surface area contributed by atoms with Crippen LogP contribution in [0.15, 0.2) is 90.5 Å². The minimum atomic E-state index is -1.30. The van der Waals surface area contributed by atoms with Crippen LogP contribution in [-0.4, -0.2) is 50.3 Å². The van der Waals surface area contributed by atoms with Gasteiger partial charge in [0, 0.05) is 12.1 Å². The third-order valence-corrected chi connectivity index (χ3v) is 21.7. The van der Waals surface area contributed by atoms with Gasteiger partial charge in [0.1, 0.15) is 17.1 Å². The van der Waals surface area contributed by atoms with Crippen LogP contribution in [-0.2, 0) is 19.4 Å². The summed E-state index contributed by atoms with van der Waals surface area (Å²) in [6.45, 7) is 28.3. The molecule has 0 heterocycles. The molecule has 0 N–H and O–H groups in total. The fraction of sp³-hybridized carbons (Fsp3) is 0.650. The maximum absolute atomic E-state index is 9.39. The number of benzene rings is 3. The van der Waals surface area contributed by atoms with Gasteiger partial charge in [-0.3, -0.25) is 0 Å². The van der Waals surface area contributed by atoms with Crippen molar-refractivity contribution < 1.29 is 23.3 Å². The number of rotatable bonds is 16. The Hall–Kier alpha value is -3.24. The van der Waals surface area contributed by atoms with Gasteiger partial charge in [0.25, 0.3) is 8.53 Å². The molecule has 4 saturated carbocycles. The molecule has 0 amide bonds. The van der Waals surface area contributed by atoms with E-state index in [9.17, 15) is 5.26 Å². The fourth-order valence-corrected chi connectivity index (χ4v) is 17.4. The smallest absolute Gasteiger partial charge is 0.259 e. The summed E-state index contributed by atoms with van der Waals surface area (Å²) in [7, 11) is 2.16. The SMILES string of the molecule is COc1ccc(C(OC[C@@]2(C)CC[C@]3(C)CC[C@]4(C)C(=CC[C@@H]5[C@@]6(C)CC[C@H](OP(OCCC#N)N(C(C)C)C(C)C)C(C)(C)[C@@H]6CC[C@]54C)[C@@H]3C2)(c2ccccc2)c2ccc(OC)cc2)cc1. The second-order valence-electron chi connectivity index (χ2n) is 24.3. The molecule has 68 heavy (non-hydrogen) atoms. The molecular weight excluding hydrogens is 860 g/mol. The van der Waals surface area contributed by atoms with E-state index in [0.717, 1.165) is 47.5 Å². The van der Waals surface area contributed by atoms with Crippen LogP contribution in [0.2, 0.25) is 0 Å². The largest absolute Gasteiger partial charge is 0.497 e. The van der Waals surface area contributed by atoms with E-state index in [1.807, 2.05) is 0 Å². The lowest BCUT2D eigenvalue weighted by molar-refractivity contribution is -0.200. The van der Waals surface area contributed by atoms with E-state index in [2.05, 4.69) is 172 Å². The van der Waals surface area contributed by atoms with Crippen LogP contribution in [0.5, 0.6) is 11.5 Å². The lowest BCUT2D eigenvalue weighted by Crippen LogP contribution is -2.64. The van der Waals surface area contributed by atoms with E-state index in [1.165, 1.54) is 44.9 Å². The Balaban J connectivity index is 1.08. The highest BCUT2D eigenvalue weighted by Gasteiger charge is 2.68. The average Bonchev–Trinajstić information content (AvgIpc) is 3.31. The van der Waals surface area contributed by atoms with Crippen LogP contribution in [0.3, 0.4) is 0 Å². The van der Waals surface area contributed by atoms with Crippen molar-refractivity contribution in [3.8, 4) is 17.6 Å². The summed E-state index contributed by atoms with van der Waals surface area (Å²) in [5.74, 6) is 3.35. The van der Waals surface area contributed by atoms with E-state index < -0.39 is 14.1 Å². The first-order valence-corrected chi connectivity index (χ1v) is 27.3. The molecule has 7 nitrogen and oxygen atoms in total. The highest BCUT2D eigenvalue weighted by Crippen LogP contribution is 2.76. The second-order valence-corrected chi connectivity index (χ2v) is 25.7. The van der Waals surface area contributed by atoms with Gasteiger partial charge in [-0.2, -0.15) is 5.26 Å². The normalized spacial score (nSPS) is 33.7. The summed E-state index contributed by atoms with van der Waals surface area (Å²) in [6.07, 6.45) is 15.3. The van der Waals surface area contributed by atoms with Gasteiger partial charge in [0.05, 0.1) is 46.0 Å². The van der Waals surface area contributed by atoms with Gasteiger partial charge in [0.2, 0.25) is 0 Å². The molecule has 3 aromatic carbocycles. The van der Waals surface area contributed by atoms with E-state index in [1.54, 1.807) is 19.8 Å². The lowest BCUT2D eigenvalue weighted by atomic mass is 9.33. The number of nitriles is 1. The third kappa shape index (κ3) is 8.71. The molecule has 3 aromatic rings. The monoisotopic (exact) mass is 945 g/mol. The first-order chi connectivity index (χ1) is 32.2. The van der Waals surface area contributed by atoms with Crippen LogP contribution in [0.25, 0.3) is 0 Å². The number of fused-ring (bicyclic) bond motifs is 7. The van der Waals surface area contributed by atoms with Crippen molar-refractivity contribution in [3.05, 3.63) is 107 Å². The zero-order chi connectivity index (χ0) is 48.9. The number of nitrogens with zero attached hydrogens (tertiary/aromatic N) is 2. The van der Waals surface area contributed by atoms with Crippen LogP contribution in [0.1, 0.15) is 163 Å².